The molecule has 1 radical (unpaired) electrons. The van der Waals surface area contributed by atoms with Gasteiger partial charge in [-0.1, -0.05) is 19.8 Å². The van der Waals surface area contributed by atoms with E-state index in [-0.39, 0.29) is 13.0 Å². The van der Waals surface area contributed by atoms with Crippen LogP contribution in [-0.2, 0) is 15.2 Å². The molecule has 0 bridgehead atoms. The Labute approximate surface area is 79.7 Å². The first-order valence-corrected chi connectivity index (χ1v) is 6.07. The Bertz CT molecular complexity index is 202. The van der Waals surface area contributed by atoms with Crippen LogP contribution in [0, 0.1) is 0 Å². The minimum atomic E-state index is -3.95. The lowest BCUT2D eigenvalue weighted by Crippen LogP contribution is -2.20. The molecule has 0 spiro atoms. The smallest absolute Gasteiger partial charge is 0.267 e. The van der Waals surface area contributed by atoms with Crippen LogP contribution in [0.4, 0.5) is 0 Å². The molecule has 0 rings (SSSR count). The van der Waals surface area contributed by atoms with Crippen molar-refractivity contribution in [3.8, 4) is 0 Å². The van der Waals surface area contributed by atoms with Gasteiger partial charge in [-0.25, -0.2) is 5.11 Å². The van der Waals surface area contributed by atoms with Crippen LogP contribution in [0.3, 0.4) is 0 Å². The third-order valence-electron chi connectivity index (χ3n) is 1.97. The molecule has 4 nitrogen and oxygen atoms in total. The van der Waals surface area contributed by atoms with Gasteiger partial charge in [0.2, 0.25) is 0 Å². The Morgan fingerprint density at radius 3 is 2.15 bits per heavy atom. The fraction of sp³-hybridized carbons (Fsp3) is 1.00. The summed E-state index contributed by atoms with van der Waals surface area (Å²) < 4.78 is 30.4. The van der Waals surface area contributed by atoms with Crippen molar-refractivity contribution < 1.29 is 18.1 Å². The maximum absolute atomic E-state index is 10.8. The minimum absolute atomic E-state index is 0.280. The molecule has 1 N–H and O–H groups in total. The highest BCUT2D eigenvalue weighted by molar-refractivity contribution is 7.86. The van der Waals surface area contributed by atoms with E-state index in [1.165, 1.54) is 0 Å². The van der Waals surface area contributed by atoms with Gasteiger partial charge in [0.05, 0.1) is 11.9 Å². The van der Waals surface area contributed by atoms with Crippen molar-refractivity contribution >= 4 is 10.1 Å². The van der Waals surface area contributed by atoms with Crippen molar-refractivity contribution in [3.05, 3.63) is 0 Å². The predicted molar refractivity (Wildman–Crippen MR) is 49.6 cm³/mol. The van der Waals surface area contributed by atoms with Gasteiger partial charge in [-0.15, -0.1) is 0 Å². The van der Waals surface area contributed by atoms with Crippen molar-refractivity contribution in [1.29, 1.82) is 0 Å². The highest BCUT2D eigenvalue weighted by Crippen LogP contribution is 2.14. The summed E-state index contributed by atoms with van der Waals surface area (Å²) in [4.78, 5) is 0. The molecule has 1 unspecified atom stereocenters. The van der Waals surface area contributed by atoms with Crippen molar-refractivity contribution in [2.45, 2.75) is 44.3 Å². The van der Waals surface area contributed by atoms with E-state index in [0.717, 1.165) is 12.8 Å². The molecule has 0 saturated carbocycles. The maximum Gasteiger partial charge on any atom is 0.267 e. The topological polar surface area (TPSA) is 74.3 Å². The lowest BCUT2D eigenvalue weighted by Gasteiger charge is -2.11. The van der Waals surface area contributed by atoms with Crippen molar-refractivity contribution in [3.63, 3.8) is 0 Å². The van der Waals surface area contributed by atoms with Crippen LogP contribution in [0.1, 0.15) is 39.0 Å². The first-order chi connectivity index (χ1) is 6.02. The zero-order chi connectivity index (χ0) is 10.3. The molecule has 0 aromatic rings. The Kier molecular flexibility index (Phi) is 6.28. The zero-order valence-corrected chi connectivity index (χ0v) is 8.72. The maximum atomic E-state index is 10.8. The molecule has 1 atom stereocenters. The van der Waals surface area contributed by atoms with Crippen molar-refractivity contribution in [2.75, 3.05) is 6.61 Å². The number of unbranched alkanes of at least 4 members (excludes halogenated alkanes) is 1. The number of hydrogen-bond acceptors (Lipinski definition) is 2. The van der Waals surface area contributed by atoms with Gasteiger partial charge in [-0.3, -0.25) is 4.55 Å². The monoisotopic (exact) mass is 209 g/mol. The fourth-order valence-electron chi connectivity index (χ4n) is 1.18. The van der Waals surface area contributed by atoms with E-state index in [4.69, 9.17) is 4.55 Å². The van der Waals surface area contributed by atoms with E-state index in [1.54, 1.807) is 0 Å². The first kappa shape index (κ1) is 12.9. The fourth-order valence-corrected chi connectivity index (χ4v) is 2.11. The third kappa shape index (κ3) is 6.01. The summed E-state index contributed by atoms with van der Waals surface area (Å²) in [5.74, 6) is 0. The van der Waals surface area contributed by atoms with E-state index < -0.39 is 15.4 Å². The normalized spacial score (nSPS) is 14.4. The van der Waals surface area contributed by atoms with Gasteiger partial charge in [0.1, 0.15) is 0 Å². The summed E-state index contributed by atoms with van der Waals surface area (Å²) >= 11 is 0. The molecule has 0 amide bonds. The molecular weight excluding hydrogens is 192 g/mol. The van der Waals surface area contributed by atoms with Crippen molar-refractivity contribution in [2.24, 2.45) is 0 Å². The Morgan fingerprint density at radius 2 is 1.77 bits per heavy atom. The summed E-state index contributed by atoms with van der Waals surface area (Å²) in [7, 11) is -3.95. The van der Waals surface area contributed by atoms with E-state index in [9.17, 15) is 13.5 Å². The molecule has 0 heterocycles. The Hall–Kier alpha value is -0.130. The Morgan fingerprint density at radius 1 is 1.23 bits per heavy atom. The van der Waals surface area contributed by atoms with Crippen LogP contribution in [0.2, 0.25) is 0 Å². The van der Waals surface area contributed by atoms with Crippen LogP contribution < -0.4 is 0 Å². The quantitative estimate of drug-likeness (QED) is 0.648. The lowest BCUT2D eigenvalue weighted by molar-refractivity contribution is 0.185. The van der Waals surface area contributed by atoms with Crippen LogP contribution in [0.15, 0.2) is 0 Å². The molecule has 0 saturated heterocycles. The van der Waals surface area contributed by atoms with E-state index >= 15 is 0 Å². The molecule has 0 aliphatic heterocycles. The highest BCUT2D eigenvalue weighted by Gasteiger charge is 2.21. The molecule has 0 fully saturated rings. The van der Waals surface area contributed by atoms with E-state index in [1.807, 2.05) is 6.92 Å². The van der Waals surface area contributed by atoms with E-state index in [0.29, 0.717) is 12.8 Å². The molecule has 79 valence electrons. The van der Waals surface area contributed by atoms with Gasteiger partial charge in [-0.05, 0) is 19.3 Å². The largest absolute Gasteiger partial charge is 0.285 e. The second kappa shape index (κ2) is 6.34. The SMILES string of the molecule is CCCCC(CCC[O])S(=O)(=O)O. The summed E-state index contributed by atoms with van der Waals surface area (Å²) in [6.07, 6.45) is 2.71. The van der Waals surface area contributed by atoms with Gasteiger partial charge in [0.15, 0.2) is 0 Å². The van der Waals surface area contributed by atoms with Crippen LogP contribution >= 0.6 is 0 Å². The van der Waals surface area contributed by atoms with Crippen LogP contribution in [0.25, 0.3) is 0 Å². The first-order valence-electron chi connectivity index (χ1n) is 4.56. The average molecular weight is 209 g/mol. The lowest BCUT2D eigenvalue weighted by atomic mass is 10.1. The molecular formula is C8H17O4S. The highest BCUT2D eigenvalue weighted by atomic mass is 32.2. The predicted octanol–water partition coefficient (Wildman–Crippen LogP) is 1.64. The minimum Gasteiger partial charge on any atom is -0.285 e. The van der Waals surface area contributed by atoms with Gasteiger partial charge in [0.25, 0.3) is 10.1 Å². The Balaban J connectivity index is 4.04. The van der Waals surface area contributed by atoms with Gasteiger partial charge in [-0.2, -0.15) is 8.42 Å². The van der Waals surface area contributed by atoms with Gasteiger partial charge < -0.3 is 0 Å². The second-order valence-corrected chi connectivity index (χ2v) is 4.82. The molecule has 0 aromatic carbocycles. The number of hydrogen-bond donors (Lipinski definition) is 1. The van der Waals surface area contributed by atoms with Gasteiger partial charge in [0, 0.05) is 0 Å². The standard InChI is InChI=1S/C8H17O4S/c1-2-3-5-8(6-4-7-9)13(10,11)12/h8H,2-7H2,1H3,(H,10,11,12). The average Bonchev–Trinajstić information content (AvgIpc) is 2.02. The molecule has 13 heavy (non-hydrogen) atoms. The number of rotatable bonds is 7. The summed E-state index contributed by atoms with van der Waals surface area (Å²) in [5, 5.41) is 9.42. The molecule has 5 heteroatoms. The third-order valence-corrected chi connectivity index (χ3v) is 3.29. The van der Waals surface area contributed by atoms with Crippen LogP contribution in [-0.4, -0.2) is 24.8 Å². The van der Waals surface area contributed by atoms with Crippen LogP contribution in [0.5, 0.6) is 0 Å². The molecule has 0 aliphatic rings. The molecule has 0 aliphatic carbocycles. The van der Waals surface area contributed by atoms with E-state index in [2.05, 4.69) is 0 Å². The summed E-state index contributed by atoms with van der Waals surface area (Å²) in [5.41, 5.74) is 0. The summed E-state index contributed by atoms with van der Waals surface area (Å²) in [6, 6.07) is 0. The van der Waals surface area contributed by atoms with Gasteiger partial charge >= 0.3 is 0 Å². The zero-order valence-electron chi connectivity index (χ0n) is 7.90. The van der Waals surface area contributed by atoms with Crippen molar-refractivity contribution in [1.82, 2.24) is 0 Å². The summed E-state index contributed by atoms with van der Waals surface area (Å²) in [6.45, 7) is 1.67. The molecule has 0 aromatic heterocycles. The second-order valence-electron chi connectivity index (χ2n) is 3.13.